The summed E-state index contributed by atoms with van der Waals surface area (Å²) in [6.07, 6.45) is 15.1. The summed E-state index contributed by atoms with van der Waals surface area (Å²) in [5.41, 5.74) is 1.02. The van der Waals surface area contributed by atoms with Gasteiger partial charge in [-0.2, -0.15) is 0 Å². The first-order valence-electron chi connectivity index (χ1n) is 8.07. The Bertz CT molecular complexity index is 336. The summed E-state index contributed by atoms with van der Waals surface area (Å²) >= 11 is 0. The maximum Gasteiger partial charge on any atom is 0.220 e. The molecule has 1 rings (SSSR count). The maximum atomic E-state index is 11.6. The standard InChI is InChI=1S/C16H29N3O/c1-2-3-4-5-6-7-8-9-12-18-16(20)11-10-15-13-17-14-19-15/h13-14H,2-12H2,1H3,(H,17,19)(H,18,20). The molecule has 0 atom stereocenters. The lowest BCUT2D eigenvalue weighted by Gasteiger charge is -2.05. The fraction of sp³-hybridized carbons (Fsp3) is 0.750. The van der Waals surface area contributed by atoms with E-state index in [4.69, 9.17) is 0 Å². The summed E-state index contributed by atoms with van der Waals surface area (Å²) in [6.45, 7) is 3.06. The minimum absolute atomic E-state index is 0.141. The molecule has 1 aromatic rings. The number of hydrogen-bond donors (Lipinski definition) is 2. The minimum atomic E-state index is 0.141. The van der Waals surface area contributed by atoms with Crippen LogP contribution in [0.25, 0.3) is 0 Å². The van der Waals surface area contributed by atoms with Crippen LogP contribution in [0, 0.1) is 0 Å². The fourth-order valence-electron chi connectivity index (χ4n) is 2.24. The second-order valence-electron chi connectivity index (χ2n) is 5.40. The highest BCUT2D eigenvalue weighted by atomic mass is 16.1. The zero-order valence-electron chi connectivity index (χ0n) is 12.8. The number of unbranched alkanes of at least 4 members (excludes halogenated alkanes) is 7. The number of rotatable bonds is 12. The van der Waals surface area contributed by atoms with Crippen LogP contribution in [0.15, 0.2) is 12.5 Å². The third-order valence-corrected chi connectivity index (χ3v) is 3.53. The molecule has 20 heavy (non-hydrogen) atoms. The monoisotopic (exact) mass is 279 g/mol. The average Bonchev–Trinajstić information content (AvgIpc) is 2.96. The molecule has 0 saturated heterocycles. The molecular formula is C16H29N3O. The van der Waals surface area contributed by atoms with Crippen molar-refractivity contribution in [3.8, 4) is 0 Å². The second kappa shape index (κ2) is 11.5. The zero-order chi connectivity index (χ0) is 14.5. The number of hydrogen-bond acceptors (Lipinski definition) is 2. The fourth-order valence-corrected chi connectivity index (χ4v) is 2.24. The number of aryl methyl sites for hydroxylation is 1. The molecule has 1 heterocycles. The Labute approximate surface area is 122 Å². The van der Waals surface area contributed by atoms with E-state index >= 15 is 0 Å². The van der Waals surface area contributed by atoms with Crippen molar-refractivity contribution in [2.75, 3.05) is 6.54 Å². The molecule has 0 aliphatic rings. The molecule has 0 radical (unpaired) electrons. The maximum absolute atomic E-state index is 11.6. The van der Waals surface area contributed by atoms with Gasteiger partial charge in [0.25, 0.3) is 0 Å². The van der Waals surface area contributed by atoms with Crippen LogP contribution in [0.5, 0.6) is 0 Å². The van der Waals surface area contributed by atoms with E-state index < -0.39 is 0 Å². The first-order valence-corrected chi connectivity index (χ1v) is 8.07. The number of H-pyrrole nitrogens is 1. The van der Waals surface area contributed by atoms with Gasteiger partial charge in [-0.15, -0.1) is 0 Å². The predicted molar refractivity (Wildman–Crippen MR) is 82.5 cm³/mol. The Balaban J connectivity index is 1.84. The van der Waals surface area contributed by atoms with E-state index in [0.29, 0.717) is 6.42 Å². The lowest BCUT2D eigenvalue weighted by Crippen LogP contribution is -2.24. The van der Waals surface area contributed by atoms with Crippen LogP contribution in [-0.2, 0) is 11.2 Å². The van der Waals surface area contributed by atoms with Crippen LogP contribution < -0.4 is 5.32 Å². The molecule has 0 saturated carbocycles. The minimum Gasteiger partial charge on any atom is -0.356 e. The Morgan fingerprint density at radius 3 is 2.50 bits per heavy atom. The highest BCUT2D eigenvalue weighted by molar-refractivity contribution is 5.76. The molecule has 0 aliphatic carbocycles. The Morgan fingerprint density at radius 1 is 1.15 bits per heavy atom. The van der Waals surface area contributed by atoms with Crippen molar-refractivity contribution in [1.82, 2.24) is 15.3 Å². The molecule has 0 aliphatic heterocycles. The average molecular weight is 279 g/mol. The zero-order valence-corrected chi connectivity index (χ0v) is 12.8. The molecule has 0 unspecified atom stereocenters. The molecule has 114 valence electrons. The molecule has 0 fully saturated rings. The summed E-state index contributed by atoms with van der Waals surface area (Å²) in [7, 11) is 0. The summed E-state index contributed by atoms with van der Waals surface area (Å²) < 4.78 is 0. The Kier molecular flexibility index (Phi) is 9.62. The van der Waals surface area contributed by atoms with Crippen molar-refractivity contribution < 1.29 is 4.79 Å². The number of nitrogens with one attached hydrogen (secondary N) is 2. The second-order valence-corrected chi connectivity index (χ2v) is 5.40. The van der Waals surface area contributed by atoms with Gasteiger partial charge in [0.2, 0.25) is 5.91 Å². The topological polar surface area (TPSA) is 57.8 Å². The van der Waals surface area contributed by atoms with Gasteiger partial charge in [0.15, 0.2) is 0 Å². The number of nitrogens with zero attached hydrogens (tertiary/aromatic N) is 1. The number of aromatic amines is 1. The first-order chi connectivity index (χ1) is 9.83. The van der Waals surface area contributed by atoms with Gasteiger partial charge in [0, 0.05) is 24.9 Å². The lowest BCUT2D eigenvalue weighted by atomic mass is 10.1. The van der Waals surface area contributed by atoms with Gasteiger partial charge >= 0.3 is 0 Å². The van der Waals surface area contributed by atoms with E-state index in [1.807, 2.05) is 0 Å². The molecule has 1 amide bonds. The number of amides is 1. The molecule has 2 N–H and O–H groups in total. The number of carbonyl (C=O) groups excluding carboxylic acids is 1. The number of carbonyl (C=O) groups is 1. The number of imidazole rings is 1. The van der Waals surface area contributed by atoms with E-state index in [1.54, 1.807) is 12.5 Å². The van der Waals surface area contributed by atoms with Gasteiger partial charge < -0.3 is 10.3 Å². The van der Waals surface area contributed by atoms with Gasteiger partial charge in [-0.1, -0.05) is 51.9 Å². The first kappa shape index (κ1) is 16.7. The van der Waals surface area contributed by atoms with E-state index in [9.17, 15) is 4.79 Å². The van der Waals surface area contributed by atoms with Crippen molar-refractivity contribution >= 4 is 5.91 Å². The summed E-state index contributed by atoms with van der Waals surface area (Å²) in [4.78, 5) is 18.5. The van der Waals surface area contributed by atoms with E-state index in [0.717, 1.165) is 25.1 Å². The normalized spacial score (nSPS) is 10.7. The van der Waals surface area contributed by atoms with E-state index in [-0.39, 0.29) is 5.91 Å². The van der Waals surface area contributed by atoms with Gasteiger partial charge in [-0.3, -0.25) is 4.79 Å². The summed E-state index contributed by atoms with van der Waals surface area (Å²) in [5.74, 6) is 0.141. The van der Waals surface area contributed by atoms with Gasteiger partial charge in [-0.05, 0) is 12.8 Å². The van der Waals surface area contributed by atoms with E-state index in [1.165, 1.54) is 44.9 Å². The highest BCUT2D eigenvalue weighted by Crippen LogP contribution is 2.07. The van der Waals surface area contributed by atoms with Crippen molar-refractivity contribution in [3.63, 3.8) is 0 Å². The van der Waals surface area contributed by atoms with Crippen molar-refractivity contribution in [1.29, 1.82) is 0 Å². The Morgan fingerprint density at radius 2 is 1.85 bits per heavy atom. The highest BCUT2D eigenvalue weighted by Gasteiger charge is 2.02. The van der Waals surface area contributed by atoms with Crippen LogP contribution in [-0.4, -0.2) is 22.4 Å². The van der Waals surface area contributed by atoms with Gasteiger partial charge in [-0.25, -0.2) is 4.98 Å². The third-order valence-electron chi connectivity index (χ3n) is 3.53. The van der Waals surface area contributed by atoms with Gasteiger partial charge in [0.05, 0.1) is 6.33 Å². The number of aromatic nitrogens is 2. The van der Waals surface area contributed by atoms with Gasteiger partial charge in [0.1, 0.15) is 0 Å². The largest absolute Gasteiger partial charge is 0.356 e. The lowest BCUT2D eigenvalue weighted by molar-refractivity contribution is -0.121. The van der Waals surface area contributed by atoms with Crippen molar-refractivity contribution in [3.05, 3.63) is 18.2 Å². The SMILES string of the molecule is CCCCCCCCCCNC(=O)CCc1cnc[nH]1. The molecule has 4 nitrogen and oxygen atoms in total. The third kappa shape index (κ3) is 8.73. The molecular weight excluding hydrogens is 250 g/mol. The molecule has 4 heteroatoms. The quantitative estimate of drug-likeness (QED) is 0.574. The van der Waals surface area contributed by atoms with Crippen LogP contribution in [0.2, 0.25) is 0 Å². The molecule has 0 aromatic carbocycles. The van der Waals surface area contributed by atoms with Crippen LogP contribution in [0.1, 0.15) is 70.4 Å². The predicted octanol–water partition coefficient (Wildman–Crippen LogP) is 3.60. The van der Waals surface area contributed by atoms with Crippen LogP contribution >= 0.6 is 0 Å². The molecule has 0 bridgehead atoms. The van der Waals surface area contributed by atoms with Crippen LogP contribution in [0.4, 0.5) is 0 Å². The molecule has 0 spiro atoms. The van der Waals surface area contributed by atoms with Crippen molar-refractivity contribution in [2.24, 2.45) is 0 Å². The smallest absolute Gasteiger partial charge is 0.220 e. The van der Waals surface area contributed by atoms with Crippen molar-refractivity contribution in [2.45, 2.75) is 71.1 Å². The van der Waals surface area contributed by atoms with Crippen LogP contribution in [0.3, 0.4) is 0 Å². The molecule has 1 aromatic heterocycles. The Hall–Kier alpha value is -1.32. The van der Waals surface area contributed by atoms with E-state index in [2.05, 4.69) is 22.2 Å². The summed E-state index contributed by atoms with van der Waals surface area (Å²) in [5, 5.41) is 2.98. The summed E-state index contributed by atoms with van der Waals surface area (Å²) in [6, 6.07) is 0.